The average Bonchev–Trinajstić information content (AvgIpc) is 3.00. The van der Waals surface area contributed by atoms with Crippen LogP contribution in [-0.2, 0) is 6.42 Å². The summed E-state index contributed by atoms with van der Waals surface area (Å²) in [6, 6.07) is 23.6. The van der Waals surface area contributed by atoms with E-state index in [1.54, 1.807) is 0 Å². The first-order chi connectivity index (χ1) is 12.6. The Morgan fingerprint density at radius 3 is 2.42 bits per heavy atom. The van der Waals surface area contributed by atoms with Crippen LogP contribution < -0.4 is 0 Å². The van der Waals surface area contributed by atoms with E-state index in [2.05, 4.69) is 34.1 Å². The fraction of sp³-hybridized carbons (Fsp3) is 0.0870. The molecule has 4 aromatic rings. The lowest BCUT2D eigenvalue weighted by molar-refractivity contribution is 0.101. The third-order valence-corrected chi connectivity index (χ3v) is 5.01. The Labute approximate surface area is 160 Å². The molecule has 0 atom stereocenters. The number of benzene rings is 3. The third-order valence-electron chi connectivity index (χ3n) is 4.48. The Balaban J connectivity index is 1.85. The summed E-state index contributed by atoms with van der Waals surface area (Å²) in [5.74, 6) is 0.342. The van der Waals surface area contributed by atoms with Crippen LogP contribution >= 0.6 is 15.9 Å². The number of halogens is 1. The van der Waals surface area contributed by atoms with Crippen molar-refractivity contribution in [3.8, 4) is 0 Å². The number of aryl methyl sites for hydroxylation is 1. The van der Waals surface area contributed by atoms with Gasteiger partial charge in [0.2, 0.25) is 5.78 Å². The van der Waals surface area contributed by atoms with E-state index in [1.807, 2.05) is 61.5 Å². The van der Waals surface area contributed by atoms with E-state index in [-0.39, 0.29) is 5.78 Å². The number of hydrogen-bond acceptors (Lipinski definition) is 2. The van der Waals surface area contributed by atoms with Crippen LogP contribution in [0, 0.1) is 6.92 Å². The summed E-state index contributed by atoms with van der Waals surface area (Å²) in [6.45, 7) is 2.02. The molecule has 3 aromatic carbocycles. The summed E-state index contributed by atoms with van der Waals surface area (Å²) in [7, 11) is 0. The number of fused-ring (bicyclic) bond motifs is 1. The monoisotopic (exact) mass is 404 g/mol. The molecule has 0 N–H and O–H groups in total. The normalized spacial score (nSPS) is 11.0. The van der Waals surface area contributed by atoms with E-state index in [0.29, 0.717) is 17.7 Å². The second kappa shape index (κ2) is 6.93. The zero-order chi connectivity index (χ0) is 18.1. The van der Waals surface area contributed by atoms with Crippen molar-refractivity contribution >= 4 is 32.7 Å². The van der Waals surface area contributed by atoms with Gasteiger partial charge in [-0.3, -0.25) is 4.79 Å². The average molecular weight is 405 g/mol. The van der Waals surface area contributed by atoms with Crippen LogP contribution in [-0.4, -0.2) is 5.78 Å². The molecule has 3 heteroatoms. The van der Waals surface area contributed by atoms with Gasteiger partial charge in [0.15, 0.2) is 5.76 Å². The van der Waals surface area contributed by atoms with E-state index in [4.69, 9.17) is 4.42 Å². The highest BCUT2D eigenvalue weighted by molar-refractivity contribution is 9.10. The van der Waals surface area contributed by atoms with Gasteiger partial charge in [0.1, 0.15) is 5.58 Å². The van der Waals surface area contributed by atoms with E-state index in [1.165, 1.54) is 0 Å². The number of ketones is 1. The molecule has 1 aromatic heterocycles. The van der Waals surface area contributed by atoms with Crippen LogP contribution in [0.25, 0.3) is 11.0 Å². The van der Waals surface area contributed by atoms with Gasteiger partial charge in [-0.1, -0.05) is 58.4 Å². The van der Waals surface area contributed by atoms with Gasteiger partial charge in [-0.15, -0.1) is 0 Å². The van der Waals surface area contributed by atoms with E-state index in [9.17, 15) is 4.79 Å². The van der Waals surface area contributed by atoms with Gasteiger partial charge in [-0.05, 0) is 48.4 Å². The maximum absolute atomic E-state index is 13.1. The summed E-state index contributed by atoms with van der Waals surface area (Å²) < 4.78 is 6.98. The van der Waals surface area contributed by atoms with E-state index < -0.39 is 0 Å². The van der Waals surface area contributed by atoms with Crippen LogP contribution in [0.15, 0.2) is 81.7 Å². The van der Waals surface area contributed by atoms with Crippen molar-refractivity contribution in [2.45, 2.75) is 13.3 Å². The highest BCUT2D eigenvalue weighted by atomic mass is 79.9. The minimum atomic E-state index is -0.0858. The summed E-state index contributed by atoms with van der Waals surface area (Å²) >= 11 is 3.41. The number of furan rings is 1. The highest BCUT2D eigenvalue weighted by Crippen LogP contribution is 2.31. The Morgan fingerprint density at radius 2 is 1.69 bits per heavy atom. The Hall–Kier alpha value is -2.65. The Morgan fingerprint density at radius 1 is 0.962 bits per heavy atom. The van der Waals surface area contributed by atoms with Crippen molar-refractivity contribution in [2.75, 3.05) is 0 Å². The maximum atomic E-state index is 13.1. The molecule has 0 radical (unpaired) electrons. The van der Waals surface area contributed by atoms with Crippen LogP contribution in [0.2, 0.25) is 0 Å². The molecule has 0 fully saturated rings. The number of rotatable bonds is 4. The standard InChI is InChI=1S/C23H17BrO2/c1-15-7-12-19-20(14-16-5-3-2-4-6-16)23(26-21(19)13-15)22(25)17-8-10-18(24)11-9-17/h2-13H,14H2,1H3. The molecule has 0 saturated heterocycles. The molecule has 0 saturated carbocycles. The van der Waals surface area contributed by atoms with Crippen LogP contribution in [0.1, 0.15) is 32.8 Å². The topological polar surface area (TPSA) is 30.2 Å². The lowest BCUT2D eigenvalue weighted by Gasteiger charge is -2.04. The van der Waals surface area contributed by atoms with Crippen LogP contribution in [0.5, 0.6) is 0 Å². The highest BCUT2D eigenvalue weighted by Gasteiger charge is 2.22. The number of carbonyl (C=O) groups excluding carboxylic acids is 1. The predicted molar refractivity (Wildman–Crippen MR) is 108 cm³/mol. The zero-order valence-corrected chi connectivity index (χ0v) is 15.9. The second-order valence-corrected chi connectivity index (χ2v) is 7.32. The molecule has 0 bridgehead atoms. The predicted octanol–water partition coefficient (Wildman–Crippen LogP) is 6.33. The lowest BCUT2D eigenvalue weighted by Crippen LogP contribution is -2.03. The van der Waals surface area contributed by atoms with E-state index >= 15 is 0 Å². The minimum Gasteiger partial charge on any atom is -0.452 e. The minimum absolute atomic E-state index is 0.0858. The van der Waals surface area contributed by atoms with Crippen LogP contribution in [0.3, 0.4) is 0 Å². The van der Waals surface area contributed by atoms with Crippen molar-refractivity contribution in [2.24, 2.45) is 0 Å². The first-order valence-electron chi connectivity index (χ1n) is 8.48. The second-order valence-electron chi connectivity index (χ2n) is 6.41. The molecule has 2 nitrogen and oxygen atoms in total. The molecule has 1 heterocycles. The summed E-state index contributed by atoms with van der Waals surface area (Å²) in [5.41, 5.74) is 4.59. The lowest BCUT2D eigenvalue weighted by atomic mass is 9.98. The van der Waals surface area contributed by atoms with Crippen molar-refractivity contribution in [3.63, 3.8) is 0 Å². The Bertz CT molecular complexity index is 1080. The van der Waals surface area contributed by atoms with Gasteiger partial charge in [0.05, 0.1) is 0 Å². The molecular weight excluding hydrogens is 388 g/mol. The molecule has 128 valence electrons. The number of hydrogen-bond donors (Lipinski definition) is 0. The number of carbonyl (C=O) groups is 1. The van der Waals surface area contributed by atoms with Gasteiger partial charge in [-0.2, -0.15) is 0 Å². The molecule has 0 unspecified atom stereocenters. The van der Waals surface area contributed by atoms with Gasteiger partial charge in [0, 0.05) is 27.4 Å². The molecule has 0 amide bonds. The van der Waals surface area contributed by atoms with Crippen LogP contribution in [0.4, 0.5) is 0 Å². The molecular formula is C23H17BrO2. The van der Waals surface area contributed by atoms with Crippen molar-refractivity contribution in [3.05, 3.63) is 105 Å². The van der Waals surface area contributed by atoms with Gasteiger partial charge in [0.25, 0.3) is 0 Å². The Kier molecular flexibility index (Phi) is 4.48. The summed E-state index contributed by atoms with van der Waals surface area (Å²) in [6.07, 6.45) is 0.661. The van der Waals surface area contributed by atoms with Gasteiger partial charge in [-0.25, -0.2) is 0 Å². The molecule has 0 aliphatic heterocycles. The molecule has 4 rings (SSSR count). The smallest absolute Gasteiger partial charge is 0.228 e. The fourth-order valence-electron chi connectivity index (χ4n) is 3.15. The molecule has 26 heavy (non-hydrogen) atoms. The maximum Gasteiger partial charge on any atom is 0.228 e. The first kappa shape index (κ1) is 16.8. The summed E-state index contributed by atoms with van der Waals surface area (Å²) in [5, 5.41) is 1.000. The third kappa shape index (κ3) is 3.23. The van der Waals surface area contributed by atoms with Crippen molar-refractivity contribution in [1.82, 2.24) is 0 Å². The molecule has 0 aliphatic rings. The first-order valence-corrected chi connectivity index (χ1v) is 9.27. The SMILES string of the molecule is Cc1ccc2c(Cc3ccccc3)c(C(=O)c3ccc(Br)cc3)oc2c1. The quantitative estimate of drug-likeness (QED) is 0.372. The molecule has 0 aliphatic carbocycles. The summed E-state index contributed by atoms with van der Waals surface area (Å²) in [4.78, 5) is 13.1. The van der Waals surface area contributed by atoms with Crippen molar-refractivity contribution in [1.29, 1.82) is 0 Å². The largest absolute Gasteiger partial charge is 0.452 e. The van der Waals surface area contributed by atoms with Crippen molar-refractivity contribution < 1.29 is 9.21 Å². The fourth-order valence-corrected chi connectivity index (χ4v) is 3.41. The molecule has 0 spiro atoms. The van der Waals surface area contributed by atoms with Gasteiger partial charge < -0.3 is 4.42 Å². The van der Waals surface area contributed by atoms with Gasteiger partial charge >= 0.3 is 0 Å². The zero-order valence-electron chi connectivity index (χ0n) is 14.3. The van der Waals surface area contributed by atoms with E-state index in [0.717, 1.165) is 32.1 Å².